The van der Waals surface area contributed by atoms with E-state index in [2.05, 4.69) is 93.3 Å². The number of likely N-dealkylation sites (N-methyl/N-ethyl adjacent to an activating group) is 1. The first kappa shape index (κ1) is 28.4. The summed E-state index contributed by atoms with van der Waals surface area (Å²) < 4.78 is 11.4. The van der Waals surface area contributed by atoms with Gasteiger partial charge in [-0.15, -0.1) is 0 Å². The molecule has 0 saturated carbocycles. The highest BCUT2D eigenvalue weighted by atomic mass is 16.5. The molecule has 1 aliphatic heterocycles. The van der Waals surface area contributed by atoms with E-state index in [1.807, 2.05) is 36.2 Å². The second kappa shape index (κ2) is 11.8. The molecule has 212 valence electrons. The summed E-state index contributed by atoms with van der Waals surface area (Å²) in [5.41, 5.74) is 8.87. The molecule has 1 unspecified atom stereocenters. The van der Waals surface area contributed by atoms with E-state index in [9.17, 15) is 4.79 Å². The zero-order chi connectivity index (χ0) is 29.3. The summed E-state index contributed by atoms with van der Waals surface area (Å²) in [6, 6.07) is 28.9. The topological polar surface area (TPSA) is 41.8 Å². The monoisotopic (exact) mass is 548 g/mol. The Kier molecular flexibility index (Phi) is 8.18. The number of benzene rings is 4. The Morgan fingerprint density at radius 1 is 0.756 bits per heavy atom. The number of carbonyl (C=O) groups is 1. The number of ether oxygens (including phenoxy) is 2. The molecule has 1 fully saturated rings. The highest BCUT2D eigenvalue weighted by Gasteiger charge is 2.57. The van der Waals surface area contributed by atoms with Crippen LogP contribution < -0.4 is 9.47 Å². The van der Waals surface area contributed by atoms with Gasteiger partial charge in [-0.3, -0.25) is 9.69 Å². The van der Waals surface area contributed by atoms with Crippen LogP contribution in [0.25, 0.3) is 0 Å². The second-order valence-corrected chi connectivity index (χ2v) is 11.2. The van der Waals surface area contributed by atoms with Crippen molar-refractivity contribution in [3.63, 3.8) is 0 Å². The first-order chi connectivity index (χ1) is 19.7. The predicted molar refractivity (Wildman–Crippen MR) is 165 cm³/mol. The summed E-state index contributed by atoms with van der Waals surface area (Å²) in [5, 5.41) is 0. The number of rotatable bonds is 9. The lowest BCUT2D eigenvalue weighted by molar-refractivity contribution is -0.130. The van der Waals surface area contributed by atoms with E-state index >= 15 is 0 Å². The van der Waals surface area contributed by atoms with Crippen LogP contribution in [0.4, 0.5) is 0 Å². The fraction of sp³-hybridized carbons (Fsp3) is 0.306. The summed E-state index contributed by atoms with van der Waals surface area (Å²) in [6.07, 6.45) is 0. The number of aryl methyl sites for hydroxylation is 4. The molecule has 0 aromatic heterocycles. The van der Waals surface area contributed by atoms with Gasteiger partial charge in [0.25, 0.3) is 0 Å². The molecule has 0 aliphatic carbocycles. The zero-order valence-electron chi connectivity index (χ0n) is 25.1. The van der Waals surface area contributed by atoms with Gasteiger partial charge in [-0.2, -0.15) is 0 Å². The van der Waals surface area contributed by atoms with Crippen molar-refractivity contribution in [1.29, 1.82) is 0 Å². The van der Waals surface area contributed by atoms with E-state index in [0.29, 0.717) is 6.54 Å². The Labute approximate surface area is 244 Å². The Morgan fingerprint density at radius 2 is 1.20 bits per heavy atom. The first-order valence-corrected chi connectivity index (χ1v) is 14.2. The molecule has 1 heterocycles. The van der Waals surface area contributed by atoms with Crippen LogP contribution >= 0.6 is 0 Å². The molecule has 0 bridgehead atoms. The van der Waals surface area contributed by atoms with Gasteiger partial charge < -0.3 is 14.4 Å². The van der Waals surface area contributed by atoms with Crippen molar-refractivity contribution in [3.05, 3.63) is 129 Å². The fourth-order valence-electron chi connectivity index (χ4n) is 6.46. The van der Waals surface area contributed by atoms with Gasteiger partial charge in [0.1, 0.15) is 17.5 Å². The second-order valence-electron chi connectivity index (χ2n) is 11.2. The number of hydrogen-bond acceptors (Lipinski definition) is 4. The van der Waals surface area contributed by atoms with Crippen LogP contribution in [-0.4, -0.2) is 43.0 Å². The van der Waals surface area contributed by atoms with Crippen molar-refractivity contribution in [3.8, 4) is 11.5 Å². The van der Waals surface area contributed by atoms with E-state index in [1.54, 1.807) is 14.2 Å². The lowest BCUT2D eigenvalue weighted by Gasteiger charge is -2.25. The van der Waals surface area contributed by atoms with Crippen molar-refractivity contribution in [2.24, 2.45) is 0 Å². The third-order valence-corrected chi connectivity index (χ3v) is 8.19. The van der Waals surface area contributed by atoms with Gasteiger partial charge in [-0.05, 0) is 72.2 Å². The molecule has 5 nitrogen and oxygen atoms in total. The lowest BCUT2D eigenvalue weighted by Crippen LogP contribution is -2.33. The fourth-order valence-corrected chi connectivity index (χ4v) is 6.46. The summed E-state index contributed by atoms with van der Waals surface area (Å²) in [4.78, 5) is 18.4. The predicted octanol–water partition coefficient (Wildman–Crippen LogP) is 7.11. The quantitative estimate of drug-likeness (QED) is 0.209. The molecule has 4 aromatic rings. The van der Waals surface area contributed by atoms with Gasteiger partial charge in [-0.1, -0.05) is 84.9 Å². The number of methoxy groups -OCH3 is 2. The van der Waals surface area contributed by atoms with E-state index in [0.717, 1.165) is 56.0 Å². The van der Waals surface area contributed by atoms with Crippen LogP contribution in [0.1, 0.15) is 56.6 Å². The lowest BCUT2D eigenvalue weighted by atomic mass is 9.92. The standard InChI is InChI=1S/C36H40N2O3/c1-23-18-29(19-24(2)34(23)40-6)31(30-20-25(3)35(41-7)26(4)21-30)38-32(28-16-12-9-13-17-28)33(38)36(39)37(5)22-27-14-10-8-11-15-27/h8-21,31-33H,22H2,1-7H3/t32-,33-,38?/m1/s1. The molecule has 0 N–H and O–H groups in total. The highest BCUT2D eigenvalue weighted by Crippen LogP contribution is 2.53. The molecule has 5 heteroatoms. The minimum atomic E-state index is -0.290. The smallest absolute Gasteiger partial charge is 0.242 e. The maximum absolute atomic E-state index is 14.2. The molecule has 4 aromatic carbocycles. The Balaban J connectivity index is 1.63. The number of hydrogen-bond donors (Lipinski definition) is 0. The molecule has 0 radical (unpaired) electrons. The maximum atomic E-state index is 14.2. The molecule has 3 atom stereocenters. The van der Waals surface area contributed by atoms with E-state index in [-0.39, 0.29) is 24.0 Å². The van der Waals surface area contributed by atoms with Gasteiger partial charge >= 0.3 is 0 Å². The Morgan fingerprint density at radius 3 is 1.63 bits per heavy atom. The average Bonchev–Trinajstić information content (AvgIpc) is 3.68. The van der Waals surface area contributed by atoms with Gasteiger partial charge in [0.2, 0.25) is 5.91 Å². The summed E-state index contributed by atoms with van der Waals surface area (Å²) >= 11 is 0. The third-order valence-electron chi connectivity index (χ3n) is 8.19. The summed E-state index contributed by atoms with van der Waals surface area (Å²) in [5.74, 6) is 1.92. The van der Waals surface area contributed by atoms with Gasteiger partial charge in [0, 0.05) is 13.6 Å². The van der Waals surface area contributed by atoms with E-state index < -0.39 is 0 Å². The molecule has 0 spiro atoms. The van der Waals surface area contributed by atoms with Crippen molar-refractivity contribution in [1.82, 2.24) is 9.80 Å². The van der Waals surface area contributed by atoms with Gasteiger partial charge in [-0.25, -0.2) is 0 Å². The maximum Gasteiger partial charge on any atom is 0.242 e. The average molecular weight is 549 g/mol. The van der Waals surface area contributed by atoms with Crippen LogP contribution in [0.5, 0.6) is 11.5 Å². The SMILES string of the molecule is COc1c(C)cc(C(c2cc(C)c(OC)c(C)c2)N2[C@H](c3ccccc3)[C@@H]2C(=O)N(C)Cc2ccccc2)cc1C. The normalized spacial score (nSPS) is 17.8. The van der Waals surface area contributed by atoms with Crippen LogP contribution in [0.2, 0.25) is 0 Å². The molecule has 1 amide bonds. The number of carbonyl (C=O) groups excluding carboxylic acids is 1. The van der Waals surface area contributed by atoms with Crippen LogP contribution in [0.3, 0.4) is 0 Å². The molecule has 1 aliphatic rings. The van der Waals surface area contributed by atoms with Crippen molar-refractivity contribution >= 4 is 5.91 Å². The molecule has 1 saturated heterocycles. The molecular formula is C36H40N2O3. The van der Waals surface area contributed by atoms with Crippen molar-refractivity contribution in [2.75, 3.05) is 21.3 Å². The Hall–Kier alpha value is -4.09. The van der Waals surface area contributed by atoms with Gasteiger partial charge in [0.05, 0.1) is 26.3 Å². The number of amides is 1. The van der Waals surface area contributed by atoms with E-state index in [4.69, 9.17) is 9.47 Å². The largest absolute Gasteiger partial charge is 0.496 e. The van der Waals surface area contributed by atoms with E-state index in [1.165, 1.54) is 0 Å². The summed E-state index contributed by atoms with van der Waals surface area (Å²) in [6.45, 7) is 8.92. The highest BCUT2D eigenvalue weighted by molar-refractivity contribution is 5.86. The van der Waals surface area contributed by atoms with Crippen molar-refractivity contribution in [2.45, 2.75) is 52.4 Å². The first-order valence-electron chi connectivity index (χ1n) is 14.2. The molecule has 5 rings (SSSR count). The van der Waals surface area contributed by atoms with Crippen molar-refractivity contribution < 1.29 is 14.3 Å². The van der Waals surface area contributed by atoms with Crippen LogP contribution in [0.15, 0.2) is 84.9 Å². The minimum Gasteiger partial charge on any atom is -0.496 e. The molecule has 41 heavy (non-hydrogen) atoms. The van der Waals surface area contributed by atoms with Crippen LogP contribution in [0, 0.1) is 27.7 Å². The number of nitrogens with zero attached hydrogens (tertiary/aromatic N) is 2. The zero-order valence-corrected chi connectivity index (χ0v) is 25.1. The van der Waals surface area contributed by atoms with Crippen LogP contribution in [-0.2, 0) is 11.3 Å². The molecular weight excluding hydrogens is 508 g/mol. The Bertz CT molecular complexity index is 1430. The minimum absolute atomic E-state index is 0.0441. The summed E-state index contributed by atoms with van der Waals surface area (Å²) in [7, 11) is 5.35. The third kappa shape index (κ3) is 5.59. The van der Waals surface area contributed by atoms with Gasteiger partial charge in [0.15, 0.2) is 0 Å².